The minimum Gasteiger partial charge on any atom is -0.356 e. The number of piperidine rings is 1. The molecule has 3 aromatic rings. The topological polar surface area (TPSA) is 84.3 Å². The zero-order valence-electron chi connectivity index (χ0n) is 19.9. The number of hydrogen-bond donors (Lipinski definition) is 1. The molecule has 1 aliphatic heterocycles. The van der Waals surface area contributed by atoms with Crippen LogP contribution in [0.15, 0.2) is 65.8 Å². The first-order valence-electron chi connectivity index (χ1n) is 12.5. The van der Waals surface area contributed by atoms with Gasteiger partial charge in [-0.2, -0.15) is 9.40 Å². The Morgan fingerprint density at radius 3 is 2.51 bits per heavy atom. The van der Waals surface area contributed by atoms with Crippen molar-refractivity contribution in [2.24, 2.45) is 5.92 Å². The number of amides is 1. The molecule has 0 radical (unpaired) electrons. The highest BCUT2D eigenvalue weighted by molar-refractivity contribution is 7.89. The lowest BCUT2D eigenvalue weighted by molar-refractivity contribution is -0.126. The van der Waals surface area contributed by atoms with Crippen molar-refractivity contribution < 1.29 is 13.2 Å². The molecular formula is C27H32N4O3S. The number of aromatic nitrogens is 2. The quantitative estimate of drug-likeness (QED) is 0.547. The number of hydrogen-bond acceptors (Lipinski definition) is 4. The third kappa shape index (κ3) is 5.33. The zero-order chi connectivity index (χ0) is 24.3. The molecule has 1 aromatic heterocycles. The lowest BCUT2D eigenvalue weighted by Gasteiger charge is -2.31. The van der Waals surface area contributed by atoms with E-state index in [1.165, 1.54) is 17.5 Å². The number of nitrogens with one attached hydrogen (secondary N) is 1. The lowest BCUT2D eigenvalue weighted by Crippen LogP contribution is -2.43. The van der Waals surface area contributed by atoms with Gasteiger partial charge < -0.3 is 5.32 Å². The summed E-state index contributed by atoms with van der Waals surface area (Å²) >= 11 is 0. The summed E-state index contributed by atoms with van der Waals surface area (Å²) in [6, 6.07) is 15.5. The predicted molar refractivity (Wildman–Crippen MR) is 135 cm³/mol. The van der Waals surface area contributed by atoms with Crippen LogP contribution in [0, 0.1) is 5.92 Å². The van der Waals surface area contributed by atoms with Crippen molar-refractivity contribution in [2.45, 2.75) is 49.8 Å². The third-order valence-electron chi connectivity index (χ3n) is 7.15. The maximum atomic E-state index is 13.2. The van der Waals surface area contributed by atoms with Crippen LogP contribution >= 0.6 is 0 Å². The molecule has 2 aliphatic rings. The maximum absolute atomic E-state index is 13.2. The van der Waals surface area contributed by atoms with E-state index in [9.17, 15) is 13.2 Å². The van der Waals surface area contributed by atoms with E-state index >= 15 is 0 Å². The third-order valence-corrected chi connectivity index (χ3v) is 9.05. The highest BCUT2D eigenvalue weighted by Crippen LogP contribution is 2.28. The number of para-hydroxylation sites is 1. The molecule has 1 saturated heterocycles. The summed E-state index contributed by atoms with van der Waals surface area (Å²) in [5.41, 5.74) is 4.50. The SMILES string of the molecule is O=C(NCCc1cnn(-c2ccccc2)c1)C1CCN(S(=O)(=O)c2ccc3c(c2)CCCC3)CC1. The Hall–Kier alpha value is -2.97. The molecule has 5 rings (SSSR count). The van der Waals surface area contributed by atoms with E-state index in [0.29, 0.717) is 43.8 Å². The van der Waals surface area contributed by atoms with Crippen molar-refractivity contribution in [2.75, 3.05) is 19.6 Å². The van der Waals surface area contributed by atoms with Gasteiger partial charge in [0, 0.05) is 31.7 Å². The van der Waals surface area contributed by atoms with Crippen molar-refractivity contribution in [3.8, 4) is 5.69 Å². The Morgan fingerprint density at radius 2 is 1.74 bits per heavy atom. The molecule has 0 spiro atoms. The monoisotopic (exact) mass is 492 g/mol. The Bertz CT molecular complexity index is 1280. The average molecular weight is 493 g/mol. The number of nitrogens with zero attached hydrogens (tertiary/aromatic N) is 3. The molecule has 7 nitrogen and oxygen atoms in total. The Balaban J connectivity index is 1.11. The summed E-state index contributed by atoms with van der Waals surface area (Å²) in [6.45, 7) is 1.29. The molecular weight excluding hydrogens is 460 g/mol. The Kier molecular flexibility index (Phi) is 7.02. The molecule has 0 bridgehead atoms. The van der Waals surface area contributed by atoms with Crippen molar-refractivity contribution in [1.82, 2.24) is 19.4 Å². The summed E-state index contributed by atoms with van der Waals surface area (Å²) in [6.07, 6.45) is 9.86. The number of carbonyl (C=O) groups is 1. The van der Waals surface area contributed by atoms with Crippen LogP contribution in [0.4, 0.5) is 0 Å². The van der Waals surface area contributed by atoms with Crippen molar-refractivity contribution in [3.63, 3.8) is 0 Å². The fraction of sp³-hybridized carbons (Fsp3) is 0.407. The Labute approximate surface area is 207 Å². The summed E-state index contributed by atoms with van der Waals surface area (Å²) in [4.78, 5) is 13.1. The van der Waals surface area contributed by atoms with Crippen molar-refractivity contribution >= 4 is 15.9 Å². The summed E-state index contributed by atoms with van der Waals surface area (Å²) in [5, 5.41) is 7.42. The van der Waals surface area contributed by atoms with Gasteiger partial charge in [-0.3, -0.25) is 4.79 Å². The molecule has 0 saturated carbocycles. The highest BCUT2D eigenvalue weighted by Gasteiger charge is 2.32. The molecule has 1 fully saturated rings. The van der Waals surface area contributed by atoms with Gasteiger partial charge in [0.15, 0.2) is 0 Å². The molecule has 1 aliphatic carbocycles. The van der Waals surface area contributed by atoms with Crippen LogP contribution in [0.1, 0.15) is 42.4 Å². The van der Waals surface area contributed by atoms with E-state index in [-0.39, 0.29) is 11.8 Å². The zero-order valence-corrected chi connectivity index (χ0v) is 20.7. The normalized spacial score (nSPS) is 17.1. The first-order chi connectivity index (χ1) is 17.0. The number of carbonyl (C=O) groups excluding carboxylic acids is 1. The molecule has 0 atom stereocenters. The second-order valence-corrected chi connectivity index (χ2v) is 11.4. The lowest BCUT2D eigenvalue weighted by atomic mass is 9.92. The van der Waals surface area contributed by atoms with E-state index in [1.54, 1.807) is 10.4 Å². The fourth-order valence-electron chi connectivity index (χ4n) is 5.06. The number of fused-ring (bicyclic) bond motifs is 1. The van der Waals surface area contributed by atoms with Gasteiger partial charge in [-0.15, -0.1) is 0 Å². The van der Waals surface area contributed by atoms with E-state index in [0.717, 1.165) is 30.5 Å². The van der Waals surface area contributed by atoms with Crippen molar-refractivity contribution in [3.05, 3.63) is 77.6 Å². The van der Waals surface area contributed by atoms with Crippen molar-refractivity contribution in [1.29, 1.82) is 0 Å². The van der Waals surface area contributed by atoms with Crippen LogP contribution < -0.4 is 5.32 Å². The molecule has 1 amide bonds. The smallest absolute Gasteiger partial charge is 0.243 e. The summed E-state index contributed by atoms with van der Waals surface area (Å²) in [7, 11) is -3.53. The summed E-state index contributed by atoms with van der Waals surface area (Å²) in [5.74, 6) is -0.150. The molecule has 8 heteroatoms. The average Bonchev–Trinajstić information content (AvgIpc) is 3.38. The van der Waals surface area contributed by atoms with E-state index in [2.05, 4.69) is 10.4 Å². The minimum atomic E-state index is -3.53. The summed E-state index contributed by atoms with van der Waals surface area (Å²) < 4.78 is 29.8. The second-order valence-electron chi connectivity index (χ2n) is 9.49. The molecule has 184 valence electrons. The van der Waals surface area contributed by atoms with Crippen LogP contribution in [-0.2, 0) is 34.1 Å². The van der Waals surface area contributed by atoms with Gasteiger partial charge in [-0.1, -0.05) is 24.3 Å². The predicted octanol–water partition coefficient (Wildman–Crippen LogP) is 3.51. The van der Waals surface area contributed by atoms with Gasteiger partial charge in [0.05, 0.1) is 16.8 Å². The molecule has 0 unspecified atom stereocenters. The number of sulfonamides is 1. The molecule has 2 heterocycles. The minimum absolute atomic E-state index is 0.00581. The van der Waals surface area contributed by atoms with Gasteiger partial charge >= 0.3 is 0 Å². The molecule has 1 N–H and O–H groups in total. The van der Waals surface area contributed by atoms with Crippen LogP contribution in [0.3, 0.4) is 0 Å². The number of benzene rings is 2. The largest absolute Gasteiger partial charge is 0.356 e. The van der Waals surface area contributed by atoms with Crippen LogP contribution in [0.2, 0.25) is 0 Å². The van der Waals surface area contributed by atoms with Gasteiger partial charge in [0.1, 0.15) is 0 Å². The van der Waals surface area contributed by atoms with Gasteiger partial charge in [0.2, 0.25) is 15.9 Å². The van der Waals surface area contributed by atoms with E-state index < -0.39 is 10.0 Å². The van der Waals surface area contributed by atoms with Crippen LogP contribution in [0.5, 0.6) is 0 Å². The second kappa shape index (κ2) is 10.3. The van der Waals surface area contributed by atoms with Crippen LogP contribution in [-0.4, -0.2) is 48.0 Å². The molecule has 2 aromatic carbocycles. The van der Waals surface area contributed by atoms with Gasteiger partial charge in [-0.05, 0) is 85.9 Å². The van der Waals surface area contributed by atoms with Gasteiger partial charge in [-0.25, -0.2) is 13.1 Å². The number of aryl methyl sites for hydroxylation is 2. The fourth-order valence-corrected chi connectivity index (χ4v) is 6.58. The van der Waals surface area contributed by atoms with E-state index in [1.807, 2.05) is 59.5 Å². The standard InChI is InChI=1S/C27H32N4O3S/c32-27(28-15-12-21-19-29-31(20-21)25-8-2-1-3-9-25)23-13-16-30(17-14-23)35(33,34)26-11-10-22-6-4-5-7-24(22)18-26/h1-3,8-11,18-20,23H,4-7,12-17H2,(H,28,32). The molecule has 35 heavy (non-hydrogen) atoms. The highest BCUT2D eigenvalue weighted by atomic mass is 32.2. The number of rotatable bonds is 7. The Morgan fingerprint density at radius 1 is 1.00 bits per heavy atom. The van der Waals surface area contributed by atoms with E-state index in [4.69, 9.17) is 0 Å². The maximum Gasteiger partial charge on any atom is 0.243 e. The first-order valence-corrected chi connectivity index (χ1v) is 13.9. The first kappa shape index (κ1) is 23.8. The van der Waals surface area contributed by atoms with Crippen LogP contribution in [0.25, 0.3) is 5.69 Å². The van der Waals surface area contributed by atoms with Gasteiger partial charge in [0.25, 0.3) is 0 Å².